The normalized spacial score (nSPS) is 19.2. The number of thioether (sulfide) groups is 2. The fraction of sp³-hybridized carbons (Fsp3) is 0.333. The number of nitrogens with one attached hydrogen (secondary N) is 1. The minimum absolute atomic E-state index is 0.0669. The second-order valence-corrected chi connectivity index (χ2v) is 8.77. The molecule has 126 valence electrons. The molecular formula is C15H15N3O2S4. The number of amidine groups is 1. The van der Waals surface area contributed by atoms with Crippen molar-refractivity contribution in [1.82, 2.24) is 10.2 Å². The molecule has 1 fully saturated rings. The van der Waals surface area contributed by atoms with E-state index >= 15 is 0 Å². The monoisotopic (exact) mass is 397 g/mol. The lowest BCUT2D eigenvalue weighted by atomic mass is 10.2. The molecule has 1 aromatic heterocycles. The van der Waals surface area contributed by atoms with E-state index in [-0.39, 0.29) is 11.8 Å². The molecule has 3 rings (SSSR count). The van der Waals surface area contributed by atoms with Crippen LogP contribution in [0, 0.1) is 0 Å². The highest BCUT2D eigenvalue weighted by atomic mass is 32.2. The predicted molar refractivity (Wildman–Crippen MR) is 106 cm³/mol. The second-order valence-electron chi connectivity index (χ2n) is 5.04. The molecule has 0 aliphatic carbocycles. The van der Waals surface area contributed by atoms with Crippen LogP contribution >= 0.6 is 47.1 Å². The maximum atomic E-state index is 12.4. The van der Waals surface area contributed by atoms with Gasteiger partial charge >= 0.3 is 0 Å². The quantitative estimate of drug-likeness (QED) is 0.611. The van der Waals surface area contributed by atoms with E-state index in [4.69, 9.17) is 12.2 Å². The first-order valence-electron chi connectivity index (χ1n) is 7.39. The number of thiophene rings is 1. The third kappa shape index (κ3) is 4.47. The van der Waals surface area contributed by atoms with Crippen molar-refractivity contribution in [1.29, 1.82) is 0 Å². The van der Waals surface area contributed by atoms with Crippen LogP contribution in [0.2, 0.25) is 0 Å². The van der Waals surface area contributed by atoms with Gasteiger partial charge in [-0.25, -0.2) is 0 Å². The van der Waals surface area contributed by atoms with Gasteiger partial charge in [0.1, 0.15) is 4.32 Å². The van der Waals surface area contributed by atoms with Crippen molar-refractivity contribution >= 4 is 74.5 Å². The third-order valence-electron chi connectivity index (χ3n) is 3.31. The van der Waals surface area contributed by atoms with Gasteiger partial charge in [0, 0.05) is 23.6 Å². The lowest BCUT2D eigenvalue weighted by molar-refractivity contribution is -0.123. The summed E-state index contributed by atoms with van der Waals surface area (Å²) in [7, 11) is 0. The van der Waals surface area contributed by atoms with Crippen molar-refractivity contribution in [3.63, 3.8) is 0 Å². The molecule has 1 aromatic rings. The first-order chi connectivity index (χ1) is 11.6. The Morgan fingerprint density at radius 1 is 1.50 bits per heavy atom. The molecule has 2 aliphatic heterocycles. The number of carbonyl (C=O) groups is 2. The zero-order chi connectivity index (χ0) is 16.9. The third-order valence-corrected chi connectivity index (χ3v) is 6.40. The number of rotatable bonds is 5. The molecule has 0 spiro atoms. The van der Waals surface area contributed by atoms with Gasteiger partial charge in [-0.1, -0.05) is 41.8 Å². The Morgan fingerprint density at radius 2 is 2.38 bits per heavy atom. The molecule has 0 saturated carbocycles. The standard InChI is InChI=1S/C15H15N3O2S4/c19-12(17-14-16-5-8-23-14)4-1-6-18-13(20)11(24-15(18)21)9-10-3-2-7-22-10/h2-3,7,9H,1,4-6,8H2,(H,16,17,19)/b11-9-. The van der Waals surface area contributed by atoms with E-state index in [1.54, 1.807) is 28.0 Å². The summed E-state index contributed by atoms with van der Waals surface area (Å²) in [6.45, 7) is 1.22. The van der Waals surface area contributed by atoms with Crippen LogP contribution < -0.4 is 5.32 Å². The van der Waals surface area contributed by atoms with Crippen molar-refractivity contribution in [2.75, 3.05) is 18.8 Å². The van der Waals surface area contributed by atoms with Gasteiger partial charge in [-0.2, -0.15) is 0 Å². The van der Waals surface area contributed by atoms with Gasteiger partial charge in [-0.05, 0) is 23.9 Å². The zero-order valence-corrected chi connectivity index (χ0v) is 16.0. The van der Waals surface area contributed by atoms with E-state index in [0.717, 1.165) is 17.2 Å². The van der Waals surface area contributed by atoms with Gasteiger partial charge < -0.3 is 5.32 Å². The van der Waals surface area contributed by atoms with Gasteiger partial charge in [0.25, 0.3) is 5.91 Å². The number of nitrogens with zero attached hydrogens (tertiary/aromatic N) is 2. The van der Waals surface area contributed by atoms with Gasteiger partial charge in [0.2, 0.25) is 5.91 Å². The van der Waals surface area contributed by atoms with Crippen molar-refractivity contribution < 1.29 is 9.59 Å². The first kappa shape index (κ1) is 17.7. The van der Waals surface area contributed by atoms with Gasteiger partial charge in [0.15, 0.2) is 5.17 Å². The second kappa shape index (κ2) is 8.28. The fourth-order valence-corrected chi connectivity index (χ4v) is 4.96. The largest absolute Gasteiger partial charge is 0.305 e. The van der Waals surface area contributed by atoms with Crippen LogP contribution in [-0.4, -0.2) is 45.0 Å². The van der Waals surface area contributed by atoms with Gasteiger partial charge in [-0.3, -0.25) is 19.5 Å². The molecule has 3 heterocycles. The number of hydrogen-bond donors (Lipinski definition) is 1. The number of hydrogen-bond acceptors (Lipinski definition) is 7. The van der Waals surface area contributed by atoms with E-state index < -0.39 is 0 Å². The van der Waals surface area contributed by atoms with Gasteiger partial charge in [0.05, 0.1) is 11.4 Å². The van der Waals surface area contributed by atoms with E-state index in [2.05, 4.69) is 10.3 Å². The molecule has 0 bridgehead atoms. The minimum Gasteiger partial charge on any atom is -0.305 e. The van der Waals surface area contributed by atoms with Crippen LogP contribution in [0.5, 0.6) is 0 Å². The Bertz CT molecular complexity index is 712. The number of aliphatic imine (C=N–C) groups is 1. The lowest BCUT2D eigenvalue weighted by Crippen LogP contribution is -2.31. The molecule has 0 unspecified atom stereocenters. The first-order valence-corrected chi connectivity index (χ1v) is 10.5. The van der Waals surface area contributed by atoms with Crippen LogP contribution in [0.25, 0.3) is 6.08 Å². The van der Waals surface area contributed by atoms with Crippen LogP contribution in [0.15, 0.2) is 27.4 Å². The summed E-state index contributed by atoms with van der Waals surface area (Å²) in [5, 5.41) is 5.46. The van der Waals surface area contributed by atoms with Crippen molar-refractivity contribution in [2.45, 2.75) is 12.8 Å². The molecule has 5 nitrogen and oxygen atoms in total. The SMILES string of the molecule is O=C(CCCN1C(=O)/C(=C/c2cccs2)SC1=S)NC1=NCCS1. The lowest BCUT2D eigenvalue weighted by Gasteiger charge is -2.13. The Kier molecular flexibility index (Phi) is 6.09. The average molecular weight is 398 g/mol. The summed E-state index contributed by atoms with van der Waals surface area (Å²) in [4.78, 5) is 31.7. The summed E-state index contributed by atoms with van der Waals surface area (Å²) < 4.78 is 0.555. The molecular weight excluding hydrogens is 382 g/mol. The summed E-state index contributed by atoms with van der Waals surface area (Å²) in [6.07, 6.45) is 2.79. The topological polar surface area (TPSA) is 61.8 Å². The Balaban J connectivity index is 1.49. The molecule has 2 aliphatic rings. The highest BCUT2D eigenvalue weighted by molar-refractivity contribution is 8.26. The van der Waals surface area contributed by atoms with E-state index in [9.17, 15) is 9.59 Å². The molecule has 0 atom stereocenters. The maximum absolute atomic E-state index is 12.4. The number of carbonyl (C=O) groups excluding carboxylic acids is 2. The van der Waals surface area contributed by atoms with Crippen LogP contribution in [0.4, 0.5) is 0 Å². The summed E-state index contributed by atoms with van der Waals surface area (Å²) in [5.41, 5.74) is 0. The molecule has 1 saturated heterocycles. The average Bonchev–Trinajstić information content (AvgIpc) is 3.27. The number of thiocarbonyl (C=S) groups is 1. The smallest absolute Gasteiger partial charge is 0.266 e. The van der Waals surface area contributed by atoms with Crippen molar-refractivity contribution in [3.8, 4) is 0 Å². The summed E-state index contributed by atoms with van der Waals surface area (Å²) in [5.74, 6) is 0.778. The van der Waals surface area contributed by atoms with Gasteiger partial charge in [-0.15, -0.1) is 11.3 Å². The van der Waals surface area contributed by atoms with Crippen LogP contribution in [-0.2, 0) is 9.59 Å². The summed E-state index contributed by atoms with van der Waals surface area (Å²) >= 11 is 9.75. The van der Waals surface area contributed by atoms with E-state index in [0.29, 0.717) is 33.8 Å². The minimum atomic E-state index is -0.0745. The van der Waals surface area contributed by atoms with Crippen molar-refractivity contribution in [2.24, 2.45) is 4.99 Å². The van der Waals surface area contributed by atoms with Crippen LogP contribution in [0.3, 0.4) is 0 Å². The predicted octanol–water partition coefficient (Wildman–Crippen LogP) is 2.95. The molecule has 24 heavy (non-hydrogen) atoms. The Morgan fingerprint density at radius 3 is 3.08 bits per heavy atom. The van der Waals surface area contributed by atoms with Crippen molar-refractivity contribution in [3.05, 3.63) is 27.3 Å². The highest BCUT2D eigenvalue weighted by Crippen LogP contribution is 2.33. The Hall–Kier alpha value is -1.16. The van der Waals surface area contributed by atoms with E-state index in [1.807, 2.05) is 23.6 Å². The Labute approximate surface area is 158 Å². The molecule has 1 N–H and O–H groups in total. The maximum Gasteiger partial charge on any atom is 0.266 e. The molecule has 0 aromatic carbocycles. The summed E-state index contributed by atoms with van der Waals surface area (Å²) in [6, 6.07) is 3.91. The van der Waals surface area contributed by atoms with E-state index in [1.165, 1.54) is 11.8 Å². The zero-order valence-electron chi connectivity index (χ0n) is 12.7. The number of amides is 2. The fourth-order valence-electron chi connectivity index (χ4n) is 2.19. The highest BCUT2D eigenvalue weighted by Gasteiger charge is 2.31. The molecule has 0 radical (unpaired) electrons. The molecule has 2 amide bonds. The van der Waals surface area contributed by atoms with Crippen LogP contribution in [0.1, 0.15) is 17.7 Å². The molecule has 9 heteroatoms.